The molecule has 4 rings (SSSR count). The van der Waals surface area contributed by atoms with E-state index in [1.54, 1.807) is 18.2 Å². The molecule has 0 unspecified atom stereocenters. The highest BCUT2D eigenvalue weighted by Crippen LogP contribution is 2.46. The van der Waals surface area contributed by atoms with Crippen LogP contribution in [-0.2, 0) is 22.4 Å². The van der Waals surface area contributed by atoms with Gasteiger partial charge >= 0.3 is 6.18 Å². The number of ether oxygens (including phenoxy) is 2. The fourth-order valence-electron chi connectivity index (χ4n) is 4.24. The van der Waals surface area contributed by atoms with E-state index in [0.29, 0.717) is 22.9 Å². The number of likely N-dealkylation sites (N-methyl/N-ethyl adjacent to an activating group) is 1. The molecule has 226 valence electrons. The van der Waals surface area contributed by atoms with Gasteiger partial charge in [0.2, 0.25) is 12.3 Å². The first kappa shape index (κ1) is 31.1. The Kier molecular flexibility index (Phi) is 9.39. The van der Waals surface area contributed by atoms with Gasteiger partial charge in [-0.25, -0.2) is 4.39 Å². The van der Waals surface area contributed by atoms with Gasteiger partial charge in [-0.1, -0.05) is 17.7 Å². The van der Waals surface area contributed by atoms with Crippen molar-refractivity contribution in [2.24, 2.45) is 0 Å². The summed E-state index contributed by atoms with van der Waals surface area (Å²) < 4.78 is 68.6. The van der Waals surface area contributed by atoms with Crippen LogP contribution in [0.15, 0.2) is 54.9 Å². The summed E-state index contributed by atoms with van der Waals surface area (Å²) in [6, 6.07) is 10.2. The van der Waals surface area contributed by atoms with Crippen LogP contribution in [0.2, 0.25) is 5.02 Å². The Morgan fingerprint density at radius 3 is 2.56 bits per heavy atom. The lowest BCUT2D eigenvalue weighted by atomic mass is 9.97. The molecule has 0 aliphatic rings. The Hall–Kier alpha value is -4.85. The first-order valence-corrected chi connectivity index (χ1v) is 12.8. The number of carbonyl (C=O) groups is 2. The number of methoxy groups -OCH3 is 1. The standard InChI is InChI=1S/C28H25ClF4N6O4/c1-38(12-25(41)36-19-6-4-5-18(29)11-19)22-10-17(28(31,32)33)9-20(26(22)39(2)15-40)16-7-21(30)27(23(8-16)42-3)43-13-24-34-14-35-37-24/h4-11,14-15H,12-13H2,1-3H3,(H,36,41)(H,34,35,37). The van der Waals surface area contributed by atoms with Crippen LogP contribution in [0.25, 0.3) is 11.1 Å². The van der Waals surface area contributed by atoms with Crippen molar-refractivity contribution in [3.8, 4) is 22.6 Å². The Bertz CT molecular complexity index is 1620. The van der Waals surface area contributed by atoms with Gasteiger partial charge in [-0.15, -0.1) is 10.2 Å². The highest BCUT2D eigenvalue weighted by atomic mass is 35.5. The monoisotopic (exact) mass is 620 g/mol. The number of aromatic amines is 1. The zero-order valence-corrected chi connectivity index (χ0v) is 23.8. The minimum Gasteiger partial charge on any atom is -0.493 e. The lowest BCUT2D eigenvalue weighted by Crippen LogP contribution is -2.32. The van der Waals surface area contributed by atoms with Gasteiger partial charge in [-0.3, -0.25) is 9.59 Å². The number of hydrogen-bond donors (Lipinski definition) is 2. The second-order valence-electron chi connectivity index (χ2n) is 9.23. The van der Waals surface area contributed by atoms with Crippen LogP contribution in [0.3, 0.4) is 0 Å². The number of benzene rings is 3. The maximum atomic E-state index is 15.4. The maximum absolute atomic E-state index is 15.4. The molecule has 0 aliphatic carbocycles. The zero-order valence-electron chi connectivity index (χ0n) is 23.0. The molecule has 1 aromatic heterocycles. The number of anilines is 3. The van der Waals surface area contributed by atoms with Crippen LogP contribution in [0.5, 0.6) is 11.5 Å². The summed E-state index contributed by atoms with van der Waals surface area (Å²) >= 11 is 5.96. The summed E-state index contributed by atoms with van der Waals surface area (Å²) in [5.74, 6) is -1.64. The number of rotatable bonds is 11. The van der Waals surface area contributed by atoms with Crippen molar-refractivity contribution in [3.63, 3.8) is 0 Å². The summed E-state index contributed by atoms with van der Waals surface area (Å²) in [5, 5.41) is 10.4. The number of nitrogens with one attached hydrogen (secondary N) is 2. The fourth-order valence-corrected chi connectivity index (χ4v) is 4.43. The average Bonchev–Trinajstić information content (AvgIpc) is 3.48. The number of alkyl halides is 3. The third-order valence-electron chi connectivity index (χ3n) is 6.19. The third kappa shape index (κ3) is 7.33. The molecule has 3 aromatic carbocycles. The summed E-state index contributed by atoms with van der Waals surface area (Å²) in [4.78, 5) is 29.7. The number of aromatic nitrogens is 3. The molecular formula is C28H25ClF4N6O4. The molecule has 15 heteroatoms. The van der Waals surface area contributed by atoms with Crippen molar-refractivity contribution in [2.45, 2.75) is 12.8 Å². The van der Waals surface area contributed by atoms with E-state index in [4.69, 9.17) is 21.1 Å². The molecule has 0 atom stereocenters. The molecule has 0 aliphatic heterocycles. The van der Waals surface area contributed by atoms with Crippen LogP contribution in [0.1, 0.15) is 11.4 Å². The van der Waals surface area contributed by atoms with Crippen LogP contribution in [-0.4, -0.2) is 55.2 Å². The van der Waals surface area contributed by atoms with Crippen LogP contribution >= 0.6 is 11.6 Å². The van der Waals surface area contributed by atoms with Gasteiger partial charge < -0.3 is 29.6 Å². The van der Waals surface area contributed by atoms with Crippen molar-refractivity contribution >= 4 is 41.0 Å². The first-order chi connectivity index (χ1) is 20.4. The second kappa shape index (κ2) is 13.0. The highest BCUT2D eigenvalue weighted by Gasteiger charge is 2.34. The average molecular weight is 621 g/mol. The van der Waals surface area contributed by atoms with Crippen molar-refractivity contribution in [2.75, 3.05) is 42.9 Å². The van der Waals surface area contributed by atoms with E-state index in [-0.39, 0.29) is 40.6 Å². The van der Waals surface area contributed by atoms with E-state index in [1.165, 1.54) is 44.6 Å². The quantitative estimate of drug-likeness (QED) is 0.167. The minimum absolute atomic E-state index is 0.0159. The minimum atomic E-state index is -4.82. The molecule has 2 amide bonds. The highest BCUT2D eigenvalue weighted by molar-refractivity contribution is 6.30. The number of hydrogen-bond acceptors (Lipinski definition) is 7. The van der Waals surface area contributed by atoms with Crippen molar-refractivity contribution < 1.29 is 36.6 Å². The van der Waals surface area contributed by atoms with E-state index in [0.717, 1.165) is 23.1 Å². The van der Waals surface area contributed by atoms with Gasteiger partial charge in [0, 0.05) is 30.4 Å². The normalized spacial score (nSPS) is 11.2. The molecule has 1 heterocycles. The Morgan fingerprint density at radius 2 is 1.93 bits per heavy atom. The topological polar surface area (TPSA) is 113 Å². The summed E-state index contributed by atoms with van der Waals surface area (Å²) in [7, 11) is 3.95. The van der Waals surface area contributed by atoms with E-state index < -0.39 is 30.0 Å². The summed E-state index contributed by atoms with van der Waals surface area (Å²) in [6.45, 7) is -0.597. The molecule has 0 bridgehead atoms. The molecule has 0 saturated heterocycles. The van der Waals surface area contributed by atoms with Crippen LogP contribution in [0.4, 0.5) is 34.6 Å². The van der Waals surface area contributed by atoms with Gasteiger partial charge in [0.15, 0.2) is 23.1 Å². The van der Waals surface area contributed by atoms with Gasteiger partial charge in [-0.2, -0.15) is 13.2 Å². The van der Waals surface area contributed by atoms with Crippen LogP contribution in [0, 0.1) is 5.82 Å². The van der Waals surface area contributed by atoms with E-state index >= 15 is 4.39 Å². The fraction of sp³-hybridized carbons (Fsp3) is 0.214. The SMILES string of the molecule is COc1cc(-c2cc(C(F)(F)F)cc(N(C)CC(=O)Nc3cccc(Cl)c3)c2N(C)C=O)cc(F)c1OCc1nnc[nH]1. The lowest BCUT2D eigenvalue weighted by Gasteiger charge is -2.28. The smallest absolute Gasteiger partial charge is 0.416 e. The number of halogens is 5. The van der Waals surface area contributed by atoms with E-state index in [2.05, 4.69) is 20.5 Å². The molecule has 0 spiro atoms. The molecule has 0 radical (unpaired) electrons. The Balaban J connectivity index is 1.79. The molecule has 10 nitrogen and oxygen atoms in total. The van der Waals surface area contributed by atoms with E-state index in [1.807, 2.05) is 0 Å². The summed E-state index contributed by atoms with van der Waals surface area (Å²) in [5.41, 5.74) is -1.04. The van der Waals surface area contributed by atoms with Crippen LogP contribution < -0.4 is 24.6 Å². The lowest BCUT2D eigenvalue weighted by molar-refractivity contribution is -0.137. The molecule has 0 fully saturated rings. The molecular weight excluding hydrogens is 596 g/mol. The van der Waals surface area contributed by atoms with Gasteiger partial charge in [0.05, 0.1) is 30.6 Å². The van der Waals surface area contributed by atoms with E-state index in [9.17, 15) is 22.8 Å². The zero-order chi connectivity index (χ0) is 31.3. The van der Waals surface area contributed by atoms with Crippen molar-refractivity contribution in [1.82, 2.24) is 15.2 Å². The third-order valence-corrected chi connectivity index (χ3v) is 6.42. The molecule has 2 N–H and O–H groups in total. The largest absolute Gasteiger partial charge is 0.493 e. The molecule has 0 saturated carbocycles. The number of H-pyrrole nitrogens is 1. The molecule has 43 heavy (non-hydrogen) atoms. The Labute approximate surface area is 248 Å². The summed E-state index contributed by atoms with van der Waals surface area (Å²) in [6.07, 6.45) is -3.13. The number of amides is 2. The first-order valence-electron chi connectivity index (χ1n) is 12.5. The number of nitrogens with zero attached hydrogens (tertiary/aromatic N) is 4. The second-order valence-corrected chi connectivity index (χ2v) is 9.67. The maximum Gasteiger partial charge on any atom is 0.416 e. The predicted octanol–water partition coefficient (Wildman–Crippen LogP) is 5.54. The van der Waals surface area contributed by atoms with Crippen molar-refractivity contribution in [1.29, 1.82) is 0 Å². The Morgan fingerprint density at radius 1 is 1.16 bits per heavy atom. The van der Waals surface area contributed by atoms with Gasteiger partial charge in [-0.05, 0) is 48.0 Å². The molecule has 4 aromatic rings. The van der Waals surface area contributed by atoms with Gasteiger partial charge in [0.25, 0.3) is 0 Å². The predicted molar refractivity (Wildman–Crippen MR) is 152 cm³/mol. The van der Waals surface area contributed by atoms with Crippen molar-refractivity contribution in [3.05, 3.63) is 77.1 Å². The number of carbonyl (C=O) groups excluding carboxylic acids is 2. The van der Waals surface area contributed by atoms with Gasteiger partial charge in [0.1, 0.15) is 12.9 Å².